The molecule has 0 spiro atoms. The van der Waals surface area contributed by atoms with Crippen LogP contribution in [0.5, 0.6) is 0 Å². The van der Waals surface area contributed by atoms with Crippen molar-refractivity contribution >= 4 is 41.3 Å². The minimum absolute atomic E-state index is 0. The molecular formula is C17H28IN5S. The van der Waals surface area contributed by atoms with Gasteiger partial charge in [0.15, 0.2) is 5.96 Å². The van der Waals surface area contributed by atoms with Crippen LogP contribution in [0.2, 0.25) is 0 Å². The summed E-state index contributed by atoms with van der Waals surface area (Å²) in [7, 11) is 1.81. The van der Waals surface area contributed by atoms with Crippen LogP contribution < -0.4 is 10.6 Å². The first-order valence-electron chi connectivity index (χ1n) is 8.08. The van der Waals surface area contributed by atoms with Crippen LogP contribution in [0.3, 0.4) is 0 Å². The molecule has 1 atom stereocenters. The van der Waals surface area contributed by atoms with E-state index in [0.717, 1.165) is 31.9 Å². The maximum absolute atomic E-state index is 4.30. The van der Waals surface area contributed by atoms with E-state index in [-0.39, 0.29) is 24.0 Å². The zero-order chi connectivity index (χ0) is 16.7. The van der Waals surface area contributed by atoms with Crippen molar-refractivity contribution in [1.29, 1.82) is 0 Å². The summed E-state index contributed by atoms with van der Waals surface area (Å²) < 4.78 is 1.98. The summed E-state index contributed by atoms with van der Waals surface area (Å²) in [5.74, 6) is 0.863. The lowest BCUT2D eigenvalue weighted by atomic mass is 10.2. The van der Waals surface area contributed by atoms with Gasteiger partial charge in [0.2, 0.25) is 0 Å². The van der Waals surface area contributed by atoms with Gasteiger partial charge in [-0.25, -0.2) is 0 Å². The van der Waals surface area contributed by atoms with Crippen molar-refractivity contribution in [3.8, 4) is 0 Å². The lowest BCUT2D eigenvalue weighted by molar-refractivity contribution is 0.565. The quantitative estimate of drug-likeness (QED) is 0.288. The summed E-state index contributed by atoms with van der Waals surface area (Å²) >= 11 is 1.86. The molecule has 2 aromatic rings. The molecule has 7 heteroatoms. The molecule has 0 amide bonds. The fourth-order valence-corrected chi connectivity index (χ4v) is 3.43. The van der Waals surface area contributed by atoms with Gasteiger partial charge in [-0.1, -0.05) is 0 Å². The number of aliphatic imine (C=N–C) groups is 1. The third-order valence-electron chi connectivity index (χ3n) is 3.53. The smallest absolute Gasteiger partial charge is 0.191 e. The fraction of sp³-hybridized carbons (Fsp3) is 0.529. The Hall–Kier alpha value is -1.09. The van der Waals surface area contributed by atoms with E-state index in [0.29, 0.717) is 6.04 Å². The maximum atomic E-state index is 4.30. The van der Waals surface area contributed by atoms with Gasteiger partial charge in [0.1, 0.15) is 0 Å². The van der Waals surface area contributed by atoms with Crippen molar-refractivity contribution in [3.63, 3.8) is 0 Å². The van der Waals surface area contributed by atoms with E-state index in [1.54, 1.807) is 0 Å². The lowest BCUT2D eigenvalue weighted by Crippen LogP contribution is -2.43. The third-order valence-corrected chi connectivity index (χ3v) is 4.55. The number of nitrogens with one attached hydrogen (secondary N) is 2. The average molecular weight is 461 g/mol. The summed E-state index contributed by atoms with van der Waals surface area (Å²) in [5, 5.41) is 11.1. The van der Waals surface area contributed by atoms with Crippen LogP contribution in [-0.2, 0) is 13.0 Å². The van der Waals surface area contributed by atoms with Crippen LogP contribution in [0.4, 0.5) is 0 Å². The van der Waals surface area contributed by atoms with Gasteiger partial charge in [-0.05, 0) is 44.9 Å². The zero-order valence-corrected chi connectivity index (χ0v) is 18.0. The minimum Gasteiger partial charge on any atom is -0.356 e. The molecule has 5 nitrogen and oxygen atoms in total. The van der Waals surface area contributed by atoms with Gasteiger partial charge in [0.25, 0.3) is 0 Å². The number of thiophene rings is 1. The lowest BCUT2D eigenvalue weighted by Gasteiger charge is -2.17. The molecule has 0 bridgehead atoms. The highest BCUT2D eigenvalue weighted by Crippen LogP contribution is 2.16. The van der Waals surface area contributed by atoms with Gasteiger partial charge in [-0.15, -0.1) is 35.3 Å². The molecule has 0 aromatic carbocycles. The van der Waals surface area contributed by atoms with Crippen LogP contribution >= 0.6 is 35.3 Å². The fourth-order valence-electron chi connectivity index (χ4n) is 2.41. The number of hydrogen-bond donors (Lipinski definition) is 2. The second-order valence-electron chi connectivity index (χ2n) is 5.90. The van der Waals surface area contributed by atoms with Crippen LogP contribution in [0.25, 0.3) is 0 Å². The molecule has 0 aliphatic carbocycles. The average Bonchev–Trinajstić information content (AvgIpc) is 3.10. The summed E-state index contributed by atoms with van der Waals surface area (Å²) in [4.78, 5) is 7.07. The van der Waals surface area contributed by atoms with Crippen LogP contribution in [-0.4, -0.2) is 35.4 Å². The molecule has 2 heterocycles. The maximum Gasteiger partial charge on any atom is 0.191 e. The first-order chi connectivity index (χ1) is 11.1. The van der Waals surface area contributed by atoms with Crippen molar-refractivity contribution in [2.75, 3.05) is 13.6 Å². The highest BCUT2D eigenvalue weighted by molar-refractivity contribution is 14.0. The first-order valence-corrected chi connectivity index (χ1v) is 8.90. The van der Waals surface area contributed by atoms with Crippen LogP contribution in [0.1, 0.15) is 28.7 Å². The molecule has 0 saturated heterocycles. The van der Waals surface area contributed by atoms with E-state index < -0.39 is 0 Å². The molecule has 1 unspecified atom stereocenters. The van der Waals surface area contributed by atoms with Crippen molar-refractivity contribution in [3.05, 3.63) is 39.8 Å². The van der Waals surface area contributed by atoms with Crippen LogP contribution in [0, 0.1) is 13.8 Å². The van der Waals surface area contributed by atoms with Gasteiger partial charge in [0, 0.05) is 48.6 Å². The van der Waals surface area contributed by atoms with Crippen molar-refractivity contribution in [2.24, 2.45) is 4.99 Å². The zero-order valence-electron chi connectivity index (χ0n) is 14.9. The Morgan fingerprint density at radius 2 is 2.17 bits per heavy atom. The summed E-state index contributed by atoms with van der Waals surface area (Å²) in [6.45, 7) is 8.19. The van der Waals surface area contributed by atoms with Gasteiger partial charge >= 0.3 is 0 Å². The number of hydrogen-bond acceptors (Lipinski definition) is 3. The first kappa shape index (κ1) is 21.0. The molecule has 2 aromatic heterocycles. The molecule has 0 aliphatic rings. The second-order valence-corrected chi connectivity index (χ2v) is 7.27. The van der Waals surface area contributed by atoms with E-state index in [4.69, 9.17) is 0 Å². The number of aromatic nitrogens is 2. The van der Waals surface area contributed by atoms with E-state index in [2.05, 4.69) is 59.8 Å². The topological polar surface area (TPSA) is 54.2 Å². The standard InChI is InChI=1S/C17H27N5S.HI/c1-13-11-20-22(12-13)9-5-8-19-17(18-4)21-14(2)10-16-7-6-15(3)23-16;/h6-7,11-12,14H,5,8-10H2,1-4H3,(H2,18,19,21);1H. The Labute approximate surface area is 166 Å². The molecule has 0 fully saturated rings. The molecule has 2 rings (SSSR count). The predicted molar refractivity (Wildman–Crippen MR) is 114 cm³/mol. The highest BCUT2D eigenvalue weighted by atomic mass is 127. The van der Waals surface area contributed by atoms with E-state index in [1.807, 2.05) is 29.3 Å². The Morgan fingerprint density at radius 3 is 2.75 bits per heavy atom. The summed E-state index contributed by atoms with van der Waals surface area (Å²) in [5.41, 5.74) is 1.20. The van der Waals surface area contributed by atoms with Gasteiger partial charge in [-0.2, -0.15) is 5.10 Å². The molecule has 0 saturated carbocycles. The Morgan fingerprint density at radius 1 is 1.38 bits per heavy atom. The molecular weight excluding hydrogens is 433 g/mol. The number of guanidine groups is 1. The van der Waals surface area contributed by atoms with E-state index in [1.165, 1.54) is 15.3 Å². The largest absolute Gasteiger partial charge is 0.356 e. The number of halogens is 1. The summed E-state index contributed by atoms with van der Waals surface area (Å²) in [6.07, 6.45) is 5.99. The van der Waals surface area contributed by atoms with E-state index in [9.17, 15) is 0 Å². The highest BCUT2D eigenvalue weighted by Gasteiger charge is 2.07. The van der Waals surface area contributed by atoms with Crippen molar-refractivity contribution < 1.29 is 0 Å². The molecule has 24 heavy (non-hydrogen) atoms. The van der Waals surface area contributed by atoms with Crippen LogP contribution in [0.15, 0.2) is 29.5 Å². The third kappa shape index (κ3) is 7.21. The molecule has 2 N–H and O–H groups in total. The number of rotatable bonds is 7. The predicted octanol–water partition coefficient (Wildman–Crippen LogP) is 3.37. The molecule has 0 radical (unpaired) electrons. The van der Waals surface area contributed by atoms with Crippen molar-refractivity contribution in [2.45, 2.75) is 46.2 Å². The molecule has 0 aliphatic heterocycles. The van der Waals surface area contributed by atoms with Gasteiger partial charge in [-0.3, -0.25) is 9.67 Å². The normalized spacial score (nSPS) is 12.6. The van der Waals surface area contributed by atoms with Crippen molar-refractivity contribution in [1.82, 2.24) is 20.4 Å². The second kappa shape index (κ2) is 10.7. The Balaban J connectivity index is 0.00000288. The minimum atomic E-state index is 0. The Kier molecular flexibility index (Phi) is 9.35. The number of aryl methyl sites for hydroxylation is 3. The Bertz CT molecular complexity index is 634. The number of nitrogens with zero attached hydrogens (tertiary/aromatic N) is 3. The molecule has 134 valence electrons. The SMILES string of the molecule is CN=C(NCCCn1cc(C)cn1)NC(C)Cc1ccc(C)s1.I. The van der Waals surface area contributed by atoms with E-state index >= 15 is 0 Å². The van der Waals surface area contributed by atoms with Gasteiger partial charge in [0.05, 0.1) is 6.20 Å². The monoisotopic (exact) mass is 461 g/mol. The van der Waals surface area contributed by atoms with Gasteiger partial charge < -0.3 is 10.6 Å². The summed E-state index contributed by atoms with van der Waals surface area (Å²) in [6, 6.07) is 4.74.